The second-order valence-corrected chi connectivity index (χ2v) is 6.47. The Bertz CT molecular complexity index is 707. The van der Waals surface area contributed by atoms with Crippen LogP contribution in [0, 0.1) is 5.82 Å². The molecule has 2 heterocycles. The summed E-state index contributed by atoms with van der Waals surface area (Å²) in [6.45, 7) is 4.17. The average Bonchev–Trinajstić information content (AvgIpc) is 2.92. The van der Waals surface area contributed by atoms with Crippen molar-refractivity contribution in [2.24, 2.45) is 4.99 Å². The van der Waals surface area contributed by atoms with Crippen molar-refractivity contribution in [2.75, 3.05) is 13.6 Å². The zero-order chi connectivity index (χ0) is 17.3. The highest BCUT2D eigenvalue weighted by Gasteiger charge is 2.48. The molecule has 3 amide bonds. The second-order valence-electron chi connectivity index (χ2n) is 5.53. The quantitative estimate of drug-likeness (QED) is 0.843. The molecule has 0 bridgehead atoms. The van der Waals surface area contributed by atoms with Gasteiger partial charge in [0.25, 0.3) is 5.91 Å². The number of halogens is 1. The molecular weight excluding hydrogens is 331 g/mol. The lowest BCUT2D eigenvalue weighted by Gasteiger charge is -2.35. The molecule has 0 saturated carbocycles. The maximum atomic E-state index is 13.0. The van der Waals surface area contributed by atoms with Crippen molar-refractivity contribution in [1.29, 1.82) is 0 Å². The number of hydrogen-bond acceptors (Lipinski definition) is 5. The summed E-state index contributed by atoms with van der Waals surface area (Å²) in [7, 11) is 1.61. The third kappa shape index (κ3) is 3.01. The number of benzene rings is 1. The Labute approximate surface area is 143 Å². The average molecular weight is 348 g/mol. The van der Waals surface area contributed by atoms with E-state index in [4.69, 9.17) is 0 Å². The summed E-state index contributed by atoms with van der Waals surface area (Å²) >= 11 is 1.45. The molecule has 3 rings (SSSR count). The minimum absolute atomic E-state index is 0.280. The van der Waals surface area contributed by atoms with Gasteiger partial charge < -0.3 is 9.80 Å². The van der Waals surface area contributed by atoms with Crippen molar-refractivity contribution in [3.63, 3.8) is 0 Å². The van der Waals surface area contributed by atoms with Crippen LogP contribution in [0.5, 0.6) is 0 Å². The minimum Gasteiger partial charge on any atom is -0.332 e. The van der Waals surface area contributed by atoms with E-state index in [-0.39, 0.29) is 11.7 Å². The van der Waals surface area contributed by atoms with E-state index < -0.39 is 18.2 Å². The first kappa shape index (κ1) is 16.5. The monoisotopic (exact) mass is 348 g/mol. The normalized spacial score (nSPS) is 23.0. The van der Waals surface area contributed by atoms with Gasteiger partial charge in [-0.2, -0.15) is 0 Å². The molecule has 6 nitrogen and oxygen atoms in total. The molecule has 0 radical (unpaired) electrons. The summed E-state index contributed by atoms with van der Waals surface area (Å²) < 4.78 is 13.0. The van der Waals surface area contributed by atoms with Crippen LogP contribution in [-0.2, 0) is 10.5 Å². The maximum absolute atomic E-state index is 13.0. The molecule has 0 spiro atoms. The lowest BCUT2D eigenvalue weighted by atomic mass is 10.1. The number of nitrogens with one attached hydrogen (secondary N) is 1. The Morgan fingerprint density at radius 3 is 2.75 bits per heavy atom. The van der Waals surface area contributed by atoms with E-state index >= 15 is 0 Å². The number of urea groups is 1. The van der Waals surface area contributed by atoms with Crippen molar-refractivity contribution < 1.29 is 14.0 Å². The first-order valence-electron chi connectivity index (χ1n) is 7.41. The fourth-order valence-corrected chi connectivity index (χ4v) is 3.70. The molecule has 1 saturated heterocycles. The Kier molecular flexibility index (Phi) is 4.57. The standard InChI is InChI=1S/C16H17FN4O2S/c1-3-8-21-12-13(20(2)15(23)19-14(12)22)18-16(21)24-9-10-4-6-11(17)7-5-10/h3-7,12-13H,1,8-9H2,2H3,(H,19,22,23). The van der Waals surface area contributed by atoms with Crippen LogP contribution < -0.4 is 5.32 Å². The van der Waals surface area contributed by atoms with Crippen molar-refractivity contribution in [3.8, 4) is 0 Å². The molecule has 1 aromatic carbocycles. The van der Waals surface area contributed by atoms with E-state index in [1.54, 1.807) is 25.3 Å². The zero-order valence-corrected chi connectivity index (χ0v) is 13.9. The van der Waals surface area contributed by atoms with Crippen molar-refractivity contribution in [1.82, 2.24) is 15.1 Å². The summed E-state index contributed by atoms with van der Waals surface area (Å²) in [4.78, 5) is 31.8. The molecule has 2 aliphatic rings. The second kappa shape index (κ2) is 6.64. The molecule has 2 aliphatic heterocycles. The third-order valence-corrected chi connectivity index (χ3v) is 5.01. The van der Waals surface area contributed by atoms with Crippen molar-refractivity contribution in [2.45, 2.75) is 18.0 Å². The first-order valence-corrected chi connectivity index (χ1v) is 8.40. The van der Waals surface area contributed by atoms with Crippen LogP contribution in [0.4, 0.5) is 9.18 Å². The van der Waals surface area contributed by atoms with Gasteiger partial charge in [0.15, 0.2) is 17.4 Å². The van der Waals surface area contributed by atoms with Gasteiger partial charge >= 0.3 is 6.03 Å². The molecule has 1 N–H and O–H groups in total. The molecule has 0 aliphatic carbocycles. The molecule has 2 atom stereocenters. The Hall–Kier alpha value is -2.35. The van der Waals surface area contributed by atoms with Gasteiger partial charge in [0.2, 0.25) is 0 Å². The Morgan fingerprint density at radius 2 is 2.08 bits per heavy atom. The number of carbonyl (C=O) groups is 2. The smallest absolute Gasteiger partial charge is 0.325 e. The fraction of sp³-hybridized carbons (Fsp3) is 0.312. The number of carbonyl (C=O) groups excluding carboxylic acids is 2. The number of imide groups is 1. The van der Waals surface area contributed by atoms with Crippen LogP contribution in [0.15, 0.2) is 41.9 Å². The minimum atomic E-state index is -0.554. The van der Waals surface area contributed by atoms with E-state index in [0.717, 1.165) is 5.56 Å². The van der Waals surface area contributed by atoms with Crippen LogP contribution >= 0.6 is 11.8 Å². The van der Waals surface area contributed by atoms with E-state index in [9.17, 15) is 14.0 Å². The van der Waals surface area contributed by atoms with Gasteiger partial charge in [0.05, 0.1) is 0 Å². The molecular formula is C16H17FN4O2S. The highest BCUT2D eigenvalue weighted by atomic mass is 32.2. The SMILES string of the molecule is C=CCN1C(SCc2ccc(F)cc2)=NC2C1C(=O)NC(=O)N2C. The van der Waals surface area contributed by atoms with E-state index in [1.807, 2.05) is 4.90 Å². The number of hydrogen-bond donors (Lipinski definition) is 1. The third-order valence-electron chi connectivity index (χ3n) is 3.93. The predicted octanol–water partition coefficient (Wildman–Crippen LogP) is 1.79. The van der Waals surface area contributed by atoms with E-state index in [1.165, 1.54) is 28.8 Å². The van der Waals surface area contributed by atoms with Crippen molar-refractivity contribution >= 4 is 28.9 Å². The number of fused-ring (bicyclic) bond motifs is 1. The first-order chi connectivity index (χ1) is 11.5. The number of rotatable bonds is 4. The summed E-state index contributed by atoms with van der Waals surface area (Å²) in [6.07, 6.45) is 1.15. The van der Waals surface area contributed by atoms with E-state index in [2.05, 4.69) is 16.9 Å². The number of thioether (sulfide) groups is 1. The molecule has 24 heavy (non-hydrogen) atoms. The van der Waals surface area contributed by atoms with Crippen LogP contribution in [0.3, 0.4) is 0 Å². The predicted molar refractivity (Wildman–Crippen MR) is 90.9 cm³/mol. The summed E-state index contributed by atoms with van der Waals surface area (Å²) in [6, 6.07) is 5.24. The zero-order valence-electron chi connectivity index (χ0n) is 13.1. The van der Waals surface area contributed by atoms with Crippen LogP contribution in [0.2, 0.25) is 0 Å². The van der Waals surface area contributed by atoms with Crippen molar-refractivity contribution in [3.05, 3.63) is 48.3 Å². The lowest BCUT2D eigenvalue weighted by molar-refractivity contribution is -0.126. The molecule has 1 aromatic rings. The number of nitrogens with zero attached hydrogens (tertiary/aromatic N) is 3. The van der Waals surface area contributed by atoms with Gasteiger partial charge in [0, 0.05) is 19.3 Å². The van der Waals surface area contributed by atoms with Gasteiger partial charge in [0.1, 0.15) is 5.82 Å². The van der Waals surface area contributed by atoms with Gasteiger partial charge in [-0.3, -0.25) is 10.1 Å². The molecule has 126 valence electrons. The highest BCUT2D eigenvalue weighted by molar-refractivity contribution is 8.13. The number of amidine groups is 1. The molecule has 1 fully saturated rings. The van der Waals surface area contributed by atoms with Gasteiger partial charge in [-0.25, -0.2) is 14.2 Å². The largest absolute Gasteiger partial charge is 0.332 e. The topological polar surface area (TPSA) is 65.0 Å². The Balaban J connectivity index is 1.79. The number of amides is 3. The lowest BCUT2D eigenvalue weighted by Crippen LogP contribution is -2.63. The van der Waals surface area contributed by atoms with Crippen LogP contribution in [0.25, 0.3) is 0 Å². The fourth-order valence-electron chi connectivity index (χ4n) is 2.68. The van der Waals surface area contributed by atoms with Gasteiger partial charge in [-0.15, -0.1) is 6.58 Å². The number of likely N-dealkylation sites (N-methyl/N-ethyl adjacent to an activating group) is 1. The summed E-state index contributed by atoms with van der Waals surface area (Å²) in [5.74, 6) is -0.0463. The number of aliphatic imine (C=N–C) groups is 1. The van der Waals surface area contributed by atoms with Crippen LogP contribution in [-0.4, -0.2) is 52.7 Å². The van der Waals surface area contributed by atoms with Crippen LogP contribution in [0.1, 0.15) is 5.56 Å². The summed E-state index contributed by atoms with van der Waals surface area (Å²) in [5.41, 5.74) is 0.950. The summed E-state index contributed by atoms with van der Waals surface area (Å²) in [5, 5.41) is 3.01. The van der Waals surface area contributed by atoms with E-state index in [0.29, 0.717) is 17.5 Å². The maximum Gasteiger partial charge on any atom is 0.325 e. The molecule has 0 aromatic heterocycles. The Morgan fingerprint density at radius 1 is 1.38 bits per heavy atom. The molecule has 2 unspecified atom stereocenters. The molecule has 8 heteroatoms. The van der Waals surface area contributed by atoms with Gasteiger partial charge in [-0.05, 0) is 17.7 Å². The van der Waals surface area contributed by atoms with Gasteiger partial charge in [-0.1, -0.05) is 30.0 Å². The highest BCUT2D eigenvalue weighted by Crippen LogP contribution is 2.29.